The topological polar surface area (TPSA) is 86.8 Å². The molecule has 0 fully saturated rings. The minimum absolute atomic E-state index is 0.177. The molecule has 0 radical (unpaired) electrons. The number of likely N-dealkylation sites (N-methyl/N-ethyl adjacent to an activating group) is 1. The summed E-state index contributed by atoms with van der Waals surface area (Å²) in [7, 11) is -4.23. The van der Waals surface area contributed by atoms with Crippen LogP contribution in [0.2, 0.25) is 5.02 Å². The first kappa shape index (κ1) is 28.4. The summed E-state index contributed by atoms with van der Waals surface area (Å²) in [5.74, 6) is -1.91. The third-order valence-electron chi connectivity index (χ3n) is 5.01. The molecule has 0 saturated heterocycles. The van der Waals surface area contributed by atoms with Gasteiger partial charge in [-0.25, -0.2) is 12.8 Å². The van der Waals surface area contributed by atoms with Crippen molar-refractivity contribution >= 4 is 39.1 Å². The van der Waals surface area contributed by atoms with Crippen molar-refractivity contribution in [3.8, 4) is 0 Å². The maximum atomic E-state index is 13.3. The number of hydrogen-bond acceptors (Lipinski definition) is 4. The first-order valence-electron chi connectivity index (χ1n) is 10.3. The van der Waals surface area contributed by atoms with Crippen LogP contribution in [0.3, 0.4) is 0 Å². The van der Waals surface area contributed by atoms with Gasteiger partial charge in [0.25, 0.3) is 0 Å². The van der Waals surface area contributed by atoms with Crippen molar-refractivity contribution in [2.75, 3.05) is 23.7 Å². The maximum Gasteiger partial charge on any atom is 0.417 e. The molecule has 2 aromatic rings. The number of rotatable bonds is 9. The van der Waals surface area contributed by atoms with Gasteiger partial charge in [-0.15, -0.1) is 0 Å². The number of halogens is 5. The van der Waals surface area contributed by atoms with Gasteiger partial charge in [-0.1, -0.05) is 23.7 Å². The van der Waals surface area contributed by atoms with Crippen LogP contribution in [0.25, 0.3) is 0 Å². The van der Waals surface area contributed by atoms with E-state index in [0.717, 1.165) is 35.4 Å². The lowest BCUT2D eigenvalue weighted by molar-refractivity contribution is -0.139. The second kappa shape index (κ2) is 11.3. The van der Waals surface area contributed by atoms with Gasteiger partial charge in [-0.2, -0.15) is 13.2 Å². The predicted molar refractivity (Wildman–Crippen MR) is 124 cm³/mol. The molecule has 2 rings (SSSR count). The van der Waals surface area contributed by atoms with Crippen molar-refractivity contribution in [1.29, 1.82) is 0 Å². The van der Waals surface area contributed by atoms with E-state index in [1.807, 2.05) is 0 Å². The van der Waals surface area contributed by atoms with E-state index in [9.17, 15) is 35.6 Å². The zero-order valence-electron chi connectivity index (χ0n) is 19.1. The molecule has 13 heteroatoms. The molecule has 35 heavy (non-hydrogen) atoms. The molecule has 0 bridgehead atoms. The van der Waals surface area contributed by atoms with Gasteiger partial charge >= 0.3 is 6.18 Å². The van der Waals surface area contributed by atoms with E-state index in [0.29, 0.717) is 15.9 Å². The first-order chi connectivity index (χ1) is 16.1. The van der Waals surface area contributed by atoms with Crippen LogP contribution in [0.15, 0.2) is 42.5 Å². The molecule has 1 N–H and O–H groups in total. The Labute approximate surface area is 205 Å². The number of nitrogens with one attached hydrogen (secondary N) is 1. The number of benzene rings is 2. The largest absolute Gasteiger partial charge is 0.417 e. The van der Waals surface area contributed by atoms with Crippen molar-refractivity contribution < 1.29 is 35.6 Å². The third-order valence-corrected chi connectivity index (χ3v) is 6.48. The average Bonchev–Trinajstić information content (AvgIpc) is 2.75. The Morgan fingerprint density at radius 1 is 1.11 bits per heavy atom. The van der Waals surface area contributed by atoms with Crippen LogP contribution in [-0.4, -0.2) is 50.5 Å². The molecular formula is C22H24ClF4N3O4S. The lowest BCUT2D eigenvalue weighted by atomic mass is 10.1. The fourth-order valence-corrected chi connectivity index (χ4v) is 4.26. The van der Waals surface area contributed by atoms with Crippen LogP contribution in [0.1, 0.15) is 25.0 Å². The van der Waals surface area contributed by atoms with Gasteiger partial charge in [0, 0.05) is 13.1 Å². The van der Waals surface area contributed by atoms with Crippen LogP contribution in [0.4, 0.5) is 23.2 Å². The van der Waals surface area contributed by atoms with E-state index in [4.69, 9.17) is 11.6 Å². The Balaban J connectivity index is 2.46. The van der Waals surface area contributed by atoms with Gasteiger partial charge in [0.05, 0.1) is 22.5 Å². The molecule has 7 nitrogen and oxygen atoms in total. The normalized spacial score (nSPS) is 12.7. The number of alkyl halides is 3. The molecule has 1 unspecified atom stereocenters. The van der Waals surface area contributed by atoms with Crippen LogP contribution in [0.5, 0.6) is 0 Å². The minimum atomic E-state index is -4.86. The summed E-state index contributed by atoms with van der Waals surface area (Å²) < 4.78 is 78.7. The molecule has 0 aliphatic heterocycles. The number of hydrogen-bond donors (Lipinski definition) is 1. The second-order valence-electron chi connectivity index (χ2n) is 7.65. The van der Waals surface area contributed by atoms with Crippen molar-refractivity contribution in [1.82, 2.24) is 10.2 Å². The van der Waals surface area contributed by atoms with Gasteiger partial charge in [0.2, 0.25) is 21.8 Å². The van der Waals surface area contributed by atoms with E-state index in [1.165, 1.54) is 19.1 Å². The van der Waals surface area contributed by atoms with Gasteiger partial charge in [0.15, 0.2) is 0 Å². The maximum absolute atomic E-state index is 13.3. The lowest BCUT2D eigenvalue weighted by Gasteiger charge is -2.31. The number of carbonyl (C=O) groups excluding carboxylic acids is 2. The van der Waals surface area contributed by atoms with Crippen LogP contribution in [-0.2, 0) is 32.3 Å². The Morgan fingerprint density at radius 3 is 2.23 bits per heavy atom. The zero-order chi connectivity index (χ0) is 26.6. The quantitative estimate of drug-likeness (QED) is 0.493. The Bertz CT molecular complexity index is 1170. The molecule has 192 valence electrons. The molecule has 2 aromatic carbocycles. The molecule has 1 atom stereocenters. The second-order valence-corrected chi connectivity index (χ2v) is 9.96. The average molecular weight is 538 g/mol. The molecule has 0 heterocycles. The molecule has 0 saturated carbocycles. The Kier molecular flexibility index (Phi) is 9.12. The zero-order valence-corrected chi connectivity index (χ0v) is 20.6. The fourth-order valence-electron chi connectivity index (χ4n) is 3.19. The summed E-state index contributed by atoms with van der Waals surface area (Å²) in [6.45, 7) is 2.29. The van der Waals surface area contributed by atoms with Gasteiger partial charge in [0.1, 0.15) is 18.4 Å². The monoisotopic (exact) mass is 537 g/mol. The third kappa shape index (κ3) is 7.56. The molecule has 0 aliphatic carbocycles. The number of amides is 2. The first-order valence-corrected chi connectivity index (χ1v) is 12.5. The summed E-state index contributed by atoms with van der Waals surface area (Å²) in [6.07, 6.45) is -4.12. The fraction of sp³-hybridized carbons (Fsp3) is 0.364. The van der Waals surface area contributed by atoms with Gasteiger partial charge in [-0.05, 0) is 49.7 Å². The highest BCUT2D eigenvalue weighted by atomic mass is 35.5. The van der Waals surface area contributed by atoms with E-state index < -0.39 is 62.7 Å². The van der Waals surface area contributed by atoms with Crippen LogP contribution < -0.4 is 9.62 Å². The molecule has 2 amide bonds. The number of carbonyl (C=O) groups is 2. The summed E-state index contributed by atoms with van der Waals surface area (Å²) in [6, 6.07) is 6.50. The summed E-state index contributed by atoms with van der Waals surface area (Å²) in [5.41, 5.74) is -1.24. The van der Waals surface area contributed by atoms with Gasteiger partial charge < -0.3 is 10.2 Å². The van der Waals surface area contributed by atoms with E-state index in [1.54, 1.807) is 6.92 Å². The van der Waals surface area contributed by atoms with Crippen molar-refractivity contribution in [3.63, 3.8) is 0 Å². The summed E-state index contributed by atoms with van der Waals surface area (Å²) >= 11 is 5.63. The molecule has 0 aromatic heterocycles. The highest BCUT2D eigenvalue weighted by Crippen LogP contribution is 2.37. The molecule has 0 spiro atoms. The molecule has 0 aliphatic rings. The Morgan fingerprint density at radius 2 is 1.71 bits per heavy atom. The van der Waals surface area contributed by atoms with Crippen LogP contribution >= 0.6 is 11.6 Å². The summed E-state index contributed by atoms with van der Waals surface area (Å²) in [4.78, 5) is 26.8. The molecular weight excluding hydrogens is 514 g/mol. The minimum Gasteiger partial charge on any atom is -0.355 e. The lowest BCUT2D eigenvalue weighted by Crippen LogP contribution is -2.51. The highest BCUT2D eigenvalue weighted by Gasteiger charge is 2.35. The Hall–Kier alpha value is -2.86. The van der Waals surface area contributed by atoms with E-state index in [2.05, 4.69) is 5.32 Å². The highest BCUT2D eigenvalue weighted by molar-refractivity contribution is 7.92. The van der Waals surface area contributed by atoms with Crippen molar-refractivity contribution in [2.45, 2.75) is 32.6 Å². The predicted octanol–water partition coefficient (Wildman–Crippen LogP) is 3.82. The van der Waals surface area contributed by atoms with Crippen molar-refractivity contribution in [2.24, 2.45) is 0 Å². The number of sulfonamides is 1. The SMILES string of the molecule is CCNC(=O)C(C)N(Cc1ccc(F)cc1)C(=O)CN(c1ccc(Cl)c(C(F)(F)F)c1)S(C)(=O)=O. The standard InChI is InChI=1S/C22H24ClF4N3O4S/c1-4-28-21(32)14(2)29(12-15-5-7-16(24)8-6-15)20(31)13-30(35(3,33)34)17-9-10-19(23)18(11-17)22(25,26)27/h5-11,14H,4,12-13H2,1-3H3,(H,28,32). The van der Waals surface area contributed by atoms with Gasteiger partial charge in [-0.3, -0.25) is 13.9 Å². The van der Waals surface area contributed by atoms with E-state index in [-0.39, 0.29) is 13.1 Å². The number of nitrogens with zero attached hydrogens (tertiary/aromatic N) is 2. The van der Waals surface area contributed by atoms with E-state index >= 15 is 0 Å². The summed E-state index contributed by atoms with van der Waals surface area (Å²) in [5, 5.41) is 1.92. The smallest absolute Gasteiger partial charge is 0.355 e. The van der Waals surface area contributed by atoms with Crippen LogP contribution in [0, 0.1) is 5.82 Å². The number of anilines is 1. The van der Waals surface area contributed by atoms with Crippen molar-refractivity contribution in [3.05, 3.63) is 64.4 Å².